The Morgan fingerprint density at radius 1 is 1.29 bits per heavy atom. The first-order chi connectivity index (χ1) is 10.0. The summed E-state index contributed by atoms with van der Waals surface area (Å²) in [6.45, 7) is 5.26. The summed E-state index contributed by atoms with van der Waals surface area (Å²) in [5.41, 5.74) is 1.93. The van der Waals surface area contributed by atoms with Crippen LogP contribution in [0, 0.1) is 0 Å². The minimum atomic E-state index is -0.432. The van der Waals surface area contributed by atoms with Crippen LogP contribution in [0.3, 0.4) is 0 Å². The van der Waals surface area contributed by atoms with Gasteiger partial charge >= 0.3 is 5.97 Å². The summed E-state index contributed by atoms with van der Waals surface area (Å²) in [6.07, 6.45) is 3.34. The summed E-state index contributed by atoms with van der Waals surface area (Å²) >= 11 is 0. The summed E-state index contributed by atoms with van der Waals surface area (Å²) in [5, 5.41) is 3.73. The SMILES string of the molecule is COc1ccc(/C=C(C)/C=N/OCC(=O)OC(C)C)cc1. The zero-order valence-electron chi connectivity index (χ0n) is 12.8. The second-order valence-corrected chi connectivity index (χ2v) is 4.71. The van der Waals surface area contributed by atoms with E-state index in [0.29, 0.717) is 0 Å². The zero-order valence-corrected chi connectivity index (χ0v) is 12.8. The number of esters is 1. The number of ether oxygens (including phenoxy) is 2. The number of hydrogen-bond donors (Lipinski definition) is 0. The van der Waals surface area contributed by atoms with Crippen LogP contribution in [0.4, 0.5) is 0 Å². The van der Waals surface area contributed by atoms with Crippen LogP contribution in [0.5, 0.6) is 5.75 Å². The zero-order chi connectivity index (χ0) is 15.7. The molecule has 0 spiro atoms. The van der Waals surface area contributed by atoms with Gasteiger partial charge in [0.2, 0.25) is 6.61 Å². The molecule has 0 heterocycles. The Balaban J connectivity index is 2.44. The van der Waals surface area contributed by atoms with Crippen LogP contribution in [-0.4, -0.2) is 32.0 Å². The van der Waals surface area contributed by atoms with Crippen molar-refractivity contribution in [3.05, 3.63) is 35.4 Å². The van der Waals surface area contributed by atoms with Crippen LogP contribution >= 0.6 is 0 Å². The van der Waals surface area contributed by atoms with Crippen LogP contribution in [0.25, 0.3) is 6.08 Å². The molecule has 1 aromatic rings. The monoisotopic (exact) mass is 291 g/mol. The molecule has 5 heteroatoms. The summed E-state index contributed by atoms with van der Waals surface area (Å²) in [7, 11) is 1.63. The van der Waals surface area contributed by atoms with E-state index in [2.05, 4.69) is 5.16 Å². The van der Waals surface area contributed by atoms with Crippen LogP contribution in [0.1, 0.15) is 26.3 Å². The molecule has 0 aliphatic rings. The van der Waals surface area contributed by atoms with Gasteiger partial charge in [-0.1, -0.05) is 23.4 Å². The number of nitrogens with zero attached hydrogens (tertiary/aromatic N) is 1. The molecule has 0 saturated carbocycles. The van der Waals surface area contributed by atoms with Gasteiger partial charge in [-0.3, -0.25) is 0 Å². The van der Waals surface area contributed by atoms with Gasteiger partial charge in [0, 0.05) is 0 Å². The van der Waals surface area contributed by atoms with Crippen LogP contribution < -0.4 is 4.74 Å². The Hall–Kier alpha value is -2.30. The van der Waals surface area contributed by atoms with E-state index in [1.807, 2.05) is 37.3 Å². The molecule has 1 aromatic carbocycles. The van der Waals surface area contributed by atoms with E-state index >= 15 is 0 Å². The van der Waals surface area contributed by atoms with Crippen molar-refractivity contribution in [1.82, 2.24) is 0 Å². The Labute approximate surface area is 125 Å². The fourth-order valence-electron chi connectivity index (χ4n) is 1.51. The maximum atomic E-state index is 11.2. The predicted octanol–water partition coefficient (Wildman–Crippen LogP) is 3.05. The Kier molecular flexibility index (Phi) is 7.01. The molecule has 0 atom stereocenters. The highest BCUT2D eigenvalue weighted by Crippen LogP contribution is 2.13. The number of methoxy groups -OCH3 is 1. The summed E-state index contributed by atoms with van der Waals surface area (Å²) in [4.78, 5) is 16.1. The Morgan fingerprint density at radius 3 is 2.52 bits per heavy atom. The van der Waals surface area contributed by atoms with Crippen LogP contribution in [-0.2, 0) is 14.4 Å². The molecule has 114 valence electrons. The van der Waals surface area contributed by atoms with Gasteiger partial charge in [-0.05, 0) is 44.0 Å². The minimum Gasteiger partial charge on any atom is -0.497 e. The molecular weight excluding hydrogens is 270 g/mol. The van der Waals surface area contributed by atoms with Crippen molar-refractivity contribution in [2.45, 2.75) is 26.9 Å². The van der Waals surface area contributed by atoms with Crippen molar-refractivity contribution >= 4 is 18.3 Å². The van der Waals surface area contributed by atoms with Gasteiger partial charge in [-0.15, -0.1) is 0 Å². The molecule has 0 aliphatic carbocycles. The van der Waals surface area contributed by atoms with Crippen molar-refractivity contribution in [3.8, 4) is 5.75 Å². The third-order valence-corrected chi connectivity index (χ3v) is 2.39. The van der Waals surface area contributed by atoms with E-state index in [1.165, 1.54) is 0 Å². The molecule has 0 N–H and O–H groups in total. The number of allylic oxidation sites excluding steroid dienone is 1. The van der Waals surface area contributed by atoms with E-state index < -0.39 is 5.97 Å². The predicted molar refractivity (Wildman–Crippen MR) is 82.3 cm³/mol. The Bertz CT molecular complexity index is 504. The molecule has 0 aromatic heterocycles. The van der Waals surface area contributed by atoms with E-state index in [0.717, 1.165) is 16.9 Å². The number of carbonyl (C=O) groups excluding carboxylic acids is 1. The van der Waals surface area contributed by atoms with E-state index in [4.69, 9.17) is 14.3 Å². The fourth-order valence-corrected chi connectivity index (χ4v) is 1.51. The highest BCUT2D eigenvalue weighted by molar-refractivity contribution is 5.84. The minimum absolute atomic E-state index is 0.151. The first-order valence-electron chi connectivity index (χ1n) is 6.68. The van der Waals surface area contributed by atoms with Gasteiger partial charge in [0.05, 0.1) is 19.4 Å². The molecule has 0 bridgehead atoms. The third-order valence-electron chi connectivity index (χ3n) is 2.39. The molecule has 0 unspecified atom stereocenters. The number of oxime groups is 1. The number of rotatable bonds is 7. The standard InChI is InChI=1S/C16H21NO4/c1-12(2)21-16(18)11-20-17-10-13(3)9-14-5-7-15(19-4)8-6-14/h5-10,12H,11H2,1-4H3/b13-9+,17-10+. The lowest BCUT2D eigenvalue weighted by Crippen LogP contribution is -2.15. The first kappa shape index (κ1) is 16.8. The molecule has 0 saturated heterocycles. The topological polar surface area (TPSA) is 57.1 Å². The van der Waals surface area contributed by atoms with Crippen LogP contribution in [0.15, 0.2) is 35.0 Å². The molecule has 0 fully saturated rings. The van der Waals surface area contributed by atoms with Crippen molar-refractivity contribution in [1.29, 1.82) is 0 Å². The van der Waals surface area contributed by atoms with Crippen LogP contribution in [0.2, 0.25) is 0 Å². The Morgan fingerprint density at radius 2 is 1.95 bits per heavy atom. The highest BCUT2D eigenvalue weighted by Gasteiger charge is 2.04. The summed E-state index contributed by atoms with van der Waals surface area (Å²) in [6, 6.07) is 7.65. The van der Waals surface area contributed by atoms with Gasteiger partial charge in [0.25, 0.3) is 0 Å². The molecular formula is C16H21NO4. The molecule has 21 heavy (non-hydrogen) atoms. The first-order valence-corrected chi connectivity index (χ1v) is 6.68. The lowest BCUT2D eigenvalue weighted by Gasteiger charge is -2.06. The summed E-state index contributed by atoms with van der Waals surface area (Å²) < 4.78 is 10.0. The lowest BCUT2D eigenvalue weighted by molar-refractivity contribution is -0.152. The molecule has 0 radical (unpaired) electrons. The molecule has 0 aliphatic heterocycles. The molecule has 1 rings (SSSR count). The van der Waals surface area contributed by atoms with Crippen molar-refractivity contribution in [2.75, 3.05) is 13.7 Å². The quantitative estimate of drug-likeness (QED) is 0.440. The van der Waals surface area contributed by atoms with Gasteiger partial charge in [-0.2, -0.15) is 0 Å². The second kappa shape index (κ2) is 8.79. The normalized spacial score (nSPS) is 11.8. The largest absolute Gasteiger partial charge is 0.497 e. The van der Waals surface area contributed by atoms with Crippen molar-refractivity contribution in [3.63, 3.8) is 0 Å². The van der Waals surface area contributed by atoms with Crippen molar-refractivity contribution < 1.29 is 19.1 Å². The van der Waals surface area contributed by atoms with E-state index in [-0.39, 0.29) is 12.7 Å². The smallest absolute Gasteiger partial charge is 0.347 e. The summed E-state index contributed by atoms with van der Waals surface area (Å²) in [5.74, 6) is 0.379. The van der Waals surface area contributed by atoms with E-state index in [9.17, 15) is 4.79 Å². The number of hydrogen-bond acceptors (Lipinski definition) is 5. The van der Waals surface area contributed by atoms with E-state index in [1.54, 1.807) is 27.2 Å². The van der Waals surface area contributed by atoms with Crippen molar-refractivity contribution in [2.24, 2.45) is 5.16 Å². The van der Waals surface area contributed by atoms with Gasteiger partial charge < -0.3 is 14.3 Å². The lowest BCUT2D eigenvalue weighted by atomic mass is 10.1. The third kappa shape index (κ3) is 7.15. The van der Waals surface area contributed by atoms with Gasteiger partial charge in [-0.25, -0.2) is 4.79 Å². The second-order valence-electron chi connectivity index (χ2n) is 4.71. The van der Waals surface area contributed by atoms with Gasteiger partial charge in [0.15, 0.2) is 0 Å². The maximum Gasteiger partial charge on any atom is 0.347 e. The molecule has 0 amide bonds. The van der Waals surface area contributed by atoms with Gasteiger partial charge in [0.1, 0.15) is 5.75 Å². The maximum absolute atomic E-state index is 11.2. The average Bonchev–Trinajstić information content (AvgIpc) is 2.44. The fraction of sp³-hybridized carbons (Fsp3) is 0.375. The number of carbonyl (C=O) groups is 1. The average molecular weight is 291 g/mol. The number of benzene rings is 1. The molecule has 5 nitrogen and oxygen atoms in total. The highest BCUT2D eigenvalue weighted by atomic mass is 16.7.